The van der Waals surface area contributed by atoms with Gasteiger partial charge in [-0.25, -0.2) is 0 Å². The molecule has 1 heteroatoms. The second-order valence-electron chi connectivity index (χ2n) is 13.2. The van der Waals surface area contributed by atoms with Crippen LogP contribution in [-0.2, 0) is 4.74 Å². The van der Waals surface area contributed by atoms with Crippen molar-refractivity contribution in [2.45, 2.75) is 125 Å². The van der Waals surface area contributed by atoms with Gasteiger partial charge in [-0.1, -0.05) is 60.0 Å². The number of hydrogen-bond donors (Lipinski definition) is 0. The summed E-state index contributed by atoms with van der Waals surface area (Å²) < 4.78 is 6.05. The van der Waals surface area contributed by atoms with E-state index in [0.29, 0.717) is 16.9 Å². The van der Waals surface area contributed by atoms with Crippen molar-refractivity contribution in [1.29, 1.82) is 0 Å². The van der Waals surface area contributed by atoms with Crippen LogP contribution >= 0.6 is 0 Å². The van der Waals surface area contributed by atoms with Crippen molar-refractivity contribution in [3.05, 3.63) is 12.3 Å². The van der Waals surface area contributed by atoms with E-state index in [9.17, 15) is 0 Å². The molecule has 4 fully saturated rings. The van der Waals surface area contributed by atoms with Gasteiger partial charge in [-0.2, -0.15) is 0 Å². The van der Waals surface area contributed by atoms with Crippen LogP contribution in [0.4, 0.5) is 0 Å². The standard InChI is InChI=1S/C30H52O/c1-7-19-31-24-15-17-29(5)23(20-24)11-12-25-27-14-13-26(22(4)10-8-9-21(2)3)30(27,6)18-16-28(25)29/h7,19,21-28H,8-18,20H2,1-6H3/b19-7-/t22-,23+,24+,25+,26-,27+,28+,29+,30-/m1/s1. The molecule has 4 rings (SSSR count). The lowest BCUT2D eigenvalue weighted by molar-refractivity contribution is -0.130. The molecule has 9 atom stereocenters. The topological polar surface area (TPSA) is 9.23 Å². The zero-order valence-electron chi connectivity index (χ0n) is 21.7. The monoisotopic (exact) mass is 428 g/mol. The largest absolute Gasteiger partial charge is 0.498 e. The lowest BCUT2D eigenvalue weighted by Gasteiger charge is -2.61. The third-order valence-corrected chi connectivity index (χ3v) is 11.2. The summed E-state index contributed by atoms with van der Waals surface area (Å²) in [5, 5.41) is 0. The maximum atomic E-state index is 6.05. The average Bonchev–Trinajstić information content (AvgIpc) is 3.09. The maximum Gasteiger partial charge on any atom is 0.0981 e. The van der Waals surface area contributed by atoms with Crippen LogP contribution in [0.1, 0.15) is 119 Å². The highest BCUT2D eigenvalue weighted by Crippen LogP contribution is 2.68. The van der Waals surface area contributed by atoms with Crippen molar-refractivity contribution in [3.63, 3.8) is 0 Å². The van der Waals surface area contributed by atoms with Crippen molar-refractivity contribution in [1.82, 2.24) is 0 Å². The second-order valence-corrected chi connectivity index (χ2v) is 13.2. The molecular weight excluding hydrogens is 376 g/mol. The lowest BCUT2D eigenvalue weighted by Crippen LogP contribution is -2.54. The fourth-order valence-corrected chi connectivity index (χ4v) is 9.56. The zero-order valence-corrected chi connectivity index (χ0v) is 21.7. The predicted octanol–water partition coefficient (Wildman–Crippen LogP) is 9.03. The molecule has 0 spiro atoms. The predicted molar refractivity (Wildman–Crippen MR) is 133 cm³/mol. The summed E-state index contributed by atoms with van der Waals surface area (Å²) in [5.74, 6) is 6.69. The number of fused-ring (bicyclic) bond motifs is 5. The smallest absolute Gasteiger partial charge is 0.0981 e. The highest BCUT2D eigenvalue weighted by atomic mass is 16.5. The Kier molecular flexibility index (Phi) is 7.20. The van der Waals surface area contributed by atoms with Crippen molar-refractivity contribution in [3.8, 4) is 0 Å². The van der Waals surface area contributed by atoms with Crippen molar-refractivity contribution in [2.24, 2.45) is 52.3 Å². The molecule has 0 aromatic rings. The normalized spacial score (nSPS) is 45.9. The Bertz CT molecular complexity index is 622. The average molecular weight is 429 g/mol. The lowest BCUT2D eigenvalue weighted by atomic mass is 9.44. The molecule has 4 saturated carbocycles. The fraction of sp³-hybridized carbons (Fsp3) is 0.933. The van der Waals surface area contributed by atoms with Crippen molar-refractivity contribution < 1.29 is 4.74 Å². The van der Waals surface area contributed by atoms with Gasteiger partial charge in [0.05, 0.1) is 12.4 Å². The number of allylic oxidation sites excluding steroid dienone is 1. The van der Waals surface area contributed by atoms with E-state index in [2.05, 4.69) is 41.5 Å². The van der Waals surface area contributed by atoms with Gasteiger partial charge in [0, 0.05) is 0 Å². The van der Waals surface area contributed by atoms with E-state index in [0.717, 1.165) is 41.4 Å². The third-order valence-electron chi connectivity index (χ3n) is 11.2. The molecule has 4 aliphatic rings. The molecule has 1 nitrogen and oxygen atoms in total. The van der Waals surface area contributed by atoms with Crippen LogP contribution in [-0.4, -0.2) is 6.10 Å². The van der Waals surface area contributed by atoms with Gasteiger partial charge in [0.25, 0.3) is 0 Å². The molecule has 0 bridgehead atoms. The van der Waals surface area contributed by atoms with E-state index in [1.54, 1.807) is 0 Å². The minimum atomic E-state index is 0.474. The summed E-state index contributed by atoms with van der Waals surface area (Å²) in [7, 11) is 0. The molecule has 0 N–H and O–H groups in total. The summed E-state index contributed by atoms with van der Waals surface area (Å²) in [6.07, 6.45) is 21.8. The number of ether oxygens (including phenoxy) is 1. The molecule has 0 unspecified atom stereocenters. The van der Waals surface area contributed by atoms with E-state index < -0.39 is 0 Å². The van der Waals surface area contributed by atoms with Crippen molar-refractivity contribution >= 4 is 0 Å². The second kappa shape index (κ2) is 9.42. The third kappa shape index (κ3) is 4.38. The molecule has 31 heavy (non-hydrogen) atoms. The first kappa shape index (κ1) is 23.7. The first-order valence-electron chi connectivity index (χ1n) is 14.1. The quantitative estimate of drug-likeness (QED) is 0.367. The highest BCUT2D eigenvalue weighted by molar-refractivity contribution is 5.09. The van der Waals surface area contributed by atoms with Gasteiger partial charge >= 0.3 is 0 Å². The Morgan fingerprint density at radius 1 is 0.871 bits per heavy atom. The van der Waals surface area contributed by atoms with Crippen molar-refractivity contribution in [2.75, 3.05) is 0 Å². The summed E-state index contributed by atoms with van der Waals surface area (Å²) >= 11 is 0. The maximum absolute atomic E-state index is 6.05. The summed E-state index contributed by atoms with van der Waals surface area (Å²) in [5.41, 5.74) is 1.22. The molecule has 178 valence electrons. The Balaban J connectivity index is 1.43. The molecule has 4 aliphatic carbocycles. The Labute approximate surface area is 194 Å². The van der Waals surface area contributed by atoms with Gasteiger partial charge in [0.1, 0.15) is 0 Å². The Morgan fingerprint density at radius 3 is 2.35 bits per heavy atom. The molecule has 0 aliphatic heterocycles. The van der Waals surface area contributed by atoms with Gasteiger partial charge in [0.15, 0.2) is 0 Å². The molecule has 0 amide bonds. The molecule has 0 aromatic carbocycles. The van der Waals surface area contributed by atoms with E-state index in [4.69, 9.17) is 4.74 Å². The summed E-state index contributed by atoms with van der Waals surface area (Å²) in [6.45, 7) is 14.9. The minimum Gasteiger partial charge on any atom is -0.498 e. The summed E-state index contributed by atoms with van der Waals surface area (Å²) in [6, 6.07) is 0. The minimum absolute atomic E-state index is 0.474. The molecule has 0 saturated heterocycles. The SMILES string of the molecule is C/C=C\O[C@H]1CC[C@@]2(C)[C@@H](CC[C@@H]3[C@@H]2CC[C@]2(C)[C@@H]([C@H](C)CCCC(C)C)CC[C@@H]32)C1. The fourth-order valence-electron chi connectivity index (χ4n) is 9.56. The Hall–Kier alpha value is -0.460. The highest BCUT2D eigenvalue weighted by Gasteiger charge is 2.60. The molecule has 0 radical (unpaired) electrons. The van der Waals surface area contributed by atoms with Gasteiger partial charge in [-0.15, -0.1) is 0 Å². The summed E-state index contributed by atoms with van der Waals surface area (Å²) in [4.78, 5) is 0. The van der Waals surface area contributed by atoms with Crippen LogP contribution in [0.2, 0.25) is 0 Å². The van der Waals surface area contributed by atoms with E-state index in [1.807, 2.05) is 12.3 Å². The van der Waals surface area contributed by atoms with E-state index in [1.165, 1.54) is 77.0 Å². The first-order chi connectivity index (χ1) is 14.8. The van der Waals surface area contributed by atoms with Crippen LogP contribution in [0.5, 0.6) is 0 Å². The van der Waals surface area contributed by atoms with E-state index >= 15 is 0 Å². The Morgan fingerprint density at radius 2 is 1.61 bits per heavy atom. The van der Waals surface area contributed by atoms with Crippen LogP contribution < -0.4 is 0 Å². The van der Waals surface area contributed by atoms with Gasteiger partial charge in [0.2, 0.25) is 0 Å². The number of rotatable bonds is 7. The molecule has 0 heterocycles. The van der Waals surface area contributed by atoms with Gasteiger partial charge in [-0.05, 0) is 117 Å². The zero-order chi connectivity index (χ0) is 22.2. The van der Waals surface area contributed by atoms with Gasteiger partial charge in [-0.3, -0.25) is 0 Å². The number of hydrogen-bond acceptors (Lipinski definition) is 1. The van der Waals surface area contributed by atoms with Crippen LogP contribution in [0.25, 0.3) is 0 Å². The first-order valence-corrected chi connectivity index (χ1v) is 14.1. The molecular formula is C30H52O. The molecule has 0 aromatic heterocycles. The van der Waals surface area contributed by atoms with Gasteiger partial charge < -0.3 is 4.74 Å². The van der Waals surface area contributed by atoms with Crippen LogP contribution in [0.3, 0.4) is 0 Å². The van der Waals surface area contributed by atoms with Crippen LogP contribution in [0.15, 0.2) is 12.3 Å². The van der Waals surface area contributed by atoms with E-state index in [-0.39, 0.29) is 0 Å². The van der Waals surface area contributed by atoms with Crippen LogP contribution in [0, 0.1) is 52.3 Å².